The van der Waals surface area contributed by atoms with E-state index in [4.69, 9.17) is 0 Å². The van der Waals surface area contributed by atoms with Crippen LogP contribution in [0.25, 0.3) is 0 Å². The van der Waals surface area contributed by atoms with Crippen LogP contribution in [0.5, 0.6) is 0 Å². The van der Waals surface area contributed by atoms with E-state index in [1.165, 1.54) is 30.6 Å². The van der Waals surface area contributed by atoms with E-state index in [2.05, 4.69) is 12.2 Å². The highest BCUT2D eigenvalue weighted by atomic mass is 32.1. The summed E-state index contributed by atoms with van der Waals surface area (Å²) in [5.41, 5.74) is 1.29. The maximum atomic E-state index is 12.6. The molecule has 24 heavy (non-hydrogen) atoms. The molecule has 1 fully saturated rings. The van der Waals surface area contributed by atoms with Crippen molar-refractivity contribution in [2.24, 2.45) is 11.8 Å². The minimum atomic E-state index is -0.909. The van der Waals surface area contributed by atoms with Crippen LogP contribution in [-0.2, 0) is 17.6 Å². The van der Waals surface area contributed by atoms with E-state index in [0.717, 1.165) is 61.3 Å². The number of unbranched alkanes of at least 4 members (excludes halogenated alkanes) is 1. The Morgan fingerprint density at radius 2 is 1.96 bits per heavy atom. The van der Waals surface area contributed by atoms with Gasteiger partial charge in [0, 0.05) is 10.8 Å². The number of hydrogen-bond donors (Lipinski definition) is 2. The van der Waals surface area contributed by atoms with Crippen molar-refractivity contribution in [1.82, 2.24) is 0 Å². The Hall–Kier alpha value is -1.36. The van der Waals surface area contributed by atoms with Crippen LogP contribution in [-0.4, -0.2) is 17.0 Å². The molecule has 1 aromatic heterocycles. The van der Waals surface area contributed by atoms with E-state index in [1.54, 1.807) is 0 Å². The molecule has 0 unspecified atom stereocenters. The number of hydrogen-bond acceptors (Lipinski definition) is 3. The maximum Gasteiger partial charge on any atom is 0.339 e. The predicted octanol–water partition coefficient (Wildman–Crippen LogP) is 4.87. The summed E-state index contributed by atoms with van der Waals surface area (Å²) in [6, 6.07) is 0. The molecule has 4 nitrogen and oxygen atoms in total. The smallest absolute Gasteiger partial charge is 0.339 e. The van der Waals surface area contributed by atoms with Crippen molar-refractivity contribution < 1.29 is 14.7 Å². The van der Waals surface area contributed by atoms with Crippen molar-refractivity contribution in [3.05, 3.63) is 16.0 Å². The molecule has 2 aliphatic carbocycles. The van der Waals surface area contributed by atoms with Crippen molar-refractivity contribution >= 4 is 28.2 Å². The van der Waals surface area contributed by atoms with Gasteiger partial charge in [0.25, 0.3) is 0 Å². The molecule has 2 aliphatic rings. The van der Waals surface area contributed by atoms with Gasteiger partial charge in [0.05, 0.1) is 5.56 Å². The van der Waals surface area contributed by atoms with Gasteiger partial charge in [-0.25, -0.2) is 4.79 Å². The predicted molar refractivity (Wildman–Crippen MR) is 96.9 cm³/mol. The van der Waals surface area contributed by atoms with Crippen LogP contribution in [0.3, 0.4) is 0 Å². The number of carbonyl (C=O) groups excluding carboxylic acids is 1. The number of carboxylic acid groups (broad SMARTS) is 1. The fourth-order valence-electron chi connectivity index (χ4n) is 4.14. The normalized spacial score (nSPS) is 23.0. The van der Waals surface area contributed by atoms with Gasteiger partial charge in [0.1, 0.15) is 5.00 Å². The van der Waals surface area contributed by atoms with Crippen LogP contribution in [0.15, 0.2) is 0 Å². The topological polar surface area (TPSA) is 66.4 Å². The van der Waals surface area contributed by atoms with Gasteiger partial charge < -0.3 is 10.4 Å². The molecule has 0 spiro atoms. The van der Waals surface area contributed by atoms with E-state index < -0.39 is 5.97 Å². The number of rotatable bonds is 6. The highest BCUT2D eigenvalue weighted by Crippen LogP contribution is 2.40. The lowest BCUT2D eigenvalue weighted by molar-refractivity contribution is -0.121. The Morgan fingerprint density at radius 1 is 1.21 bits per heavy atom. The van der Waals surface area contributed by atoms with Crippen molar-refractivity contribution in [3.8, 4) is 0 Å². The number of aryl methyl sites for hydroxylation is 1. The van der Waals surface area contributed by atoms with Crippen molar-refractivity contribution in [2.45, 2.75) is 71.1 Å². The second-order valence-corrected chi connectivity index (χ2v) is 8.32. The highest BCUT2D eigenvalue weighted by Gasteiger charge is 2.30. The van der Waals surface area contributed by atoms with Crippen LogP contribution in [0.2, 0.25) is 0 Å². The van der Waals surface area contributed by atoms with Gasteiger partial charge in [-0.05, 0) is 56.4 Å². The average Bonchev–Trinajstić information content (AvgIpc) is 3.13. The molecule has 0 aromatic carbocycles. The first kappa shape index (κ1) is 17.5. The van der Waals surface area contributed by atoms with E-state index in [1.807, 2.05) is 0 Å². The zero-order valence-electron chi connectivity index (χ0n) is 14.4. The molecule has 132 valence electrons. The average molecular weight is 349 g/mol. The van der Waals surface area contributed by atoms with Crippen LogP contribution in [0.1, 0.15) is 79.1 Å². The molecule has 1 aromatic rings. The van der Waals surface area contributed by atoms with Crippen LogP contribution < -0.4 is 5.32 Å². The summed E-state index contributed by atoms with van der Waals surface area (Å²) in [6.07, 6.45) is 10.7. The number of anilines is 1. The first-order chi connectivity index (χ1) is 11.6. The third-order valence-corrected chi connectivity index (χ3v) is 6.76. The largest absolute Gasteiger partial charge is 0.478 e. The molecule has 0 saturated heterocycles. The van der Waals surface area contributed by atoms with Gasteiger partial charge >= 0.3 is 5.97 Å². The van der Waals surface area contributed by atoms with E-state index >= 15 is 0 Å². The molecule has 0 aliphatic heterocycles. The quantitative estimate of drug-likeness (QED) is 0.770. The summed E-state index contributed by atoms with van der Waals surface area (Å²) in [5.74, 6) is -0.0741. The van der Waals surface area contributed by atoms with Gasteiger partial charge in [-0.3, -0.25) is 4.79 Å². The number of carboxylic acids is 1. The SMILES string of the molecule is CCCCC1CCC(C(=O)Nc2sc3c(c2C(=O)O)CCC3)CC1. The zero-order chi connectivity index (χ0) is 17.1. The summed E-state index contributed by atoms with van der Waals surface area (Å²) in [4.78, 5) is 25.3. The van der Waals surface area contributed by atoms with Crippen molar-refractivity contribution in [3.63, 3.8) is 0 Å². The molecule has 1 saturated carbocycles. The monoisotopic (exact) mass is 349 g/mol. The Kier molecular flexibility index (Phi) is 5.59. The number of thiophene rings is 1. The second kappa shape index (κ2) is 7.68. The molecule has 0 atom stereocenters. The first-order valence-corrected chi connectivity index (χ1v) is 10.1. The van der Waals surface area contributed by atoms with Gasteiger partial charge in [-0.1, -0.05) is 26.2 Å². The Bertz CT molecular complexity index is 614. The Labute approximate surface area is 147 Å². The standard InChI is InChI=1S/C19H27NO3S/c1-2-3-5-12-8-10-13(11-9-12)17(21)20-18-16(19(22)23)14-6-4-7-15(14)24-18/h12-13H,2-11H2,1H3,(H,20,21)(H,22,23). The van der Waals surface area contributed by atoms with Crippen LogP contribution >= 0.6 is 11.3 Å². The van der Waals surface area contributed by atoms with E-state index in [9.17, 15) is 14.7 Å². The Morgan fingerprint density at radius 3 is 2.62 bits per heavy atom. The number of nitrogens with one attached hydrogen (secondary N) is 1. The summed E-state index contributed by atoms with van der Waals surface area (Å²) in [6.45, 7) is 2.22. The first-order valence-electron chi connectivity index (χ1n) is 9.28. The van der Waals surface area contributed by atoms with Gasteiger partial charge in [-0.2, -0.15) is 0 Å². The van der Waals surface area contributed by atoms with Crippen molar-refractivity contribution in [2.75, 3.05) is 5.32 Å². The number of amides is 1. The molecular weight excluding hydrogens is 322 g/mol. The Balaban J connectivity index is 1.61. The third-order valence-electron chi connectivity index (χ3n) is 5.56. The lowest BCUT2D eigenvalue weighted by Gasteiger charge is -2.27. The molecular formula is C19H27NO3S. The third kappa shape index (κ3) is 3.66. The minimum Gasteiger partial charge on any atom is -0.478 e. The number of aromatic carboxylic acids is 1. The molecule has 3 rings (SSSR count). The van der Waals surface area contributed by atoms with E-state index in [-0.39, 0.29) is 11.8 Å². The lowest BCUT2D eigenvalue weighted by Crippen LogP contribution is -2.27. The summed E-state index contributed by atoms with van der Waals surface area (Å²) in [5, 5.41) is 13.0. The number of fused-ring (bicyclic) bond motifs is 1. The van der Waals surface area contributed by atoms with Gasteiger partial charge in [-0.15, -0.1) is 11.3 Å². The lowest BCUT2D eigenvalue weighted by atomic mass is 9.79. The van der Waals surface area contributed by atoms with Crippen LogP contribution in [0, 0.1) is 11.8 Å². The van der Waals surface area contributed by atoms with Crippen LogP contribution in [0.4, 0.5) is 5.00 Å². The summed E-state index contributed by atoms with van der Waals surface area (Å²) >= 11 is 1.47. The summed E-state index contributed by atoms with van der Waals surface area (Å²) < 4.78 is 0. The molecule has 1 heterocycles. The van der Waals surface area contributed by atoms with Crippen molar-refractivity contribution in [1.29, 1.82) is 0 Å². The fourth-order valence-corrected chi connectivity index (χ4v) is 5.42. The van der Waals surface area contributed by atoms with Gasteiger partial charge in [0.2, 0.25) is 5.91 Å². The minimum absolute atomic E-state index is 0.0198. The molecule has 1 amide bonds. The highest BCUT2D eigenvalue weighted by molar-refractivity contribution is 7.17. The molecule has 2 N–H and O–H groups in total. The fraction of sp³-hybridized carbons (Fsp3) is 0.684. The number of carbonyl (C=O) groups is 2. The zero-order valence-corrected chi connectivity index (χ0v) is 15.2. The molecule has 0 radical (unpaired) electrons. The molecule has 0 bridgehead atoms. The summed E-state index contributed by atoms with van der Waals surface area (Å²) in [7, 11) is 0. The maximum absolute atomic E-state index is 12.6. The molecule has 5 heteroatoms. The van der Waals surface area contributed by atoms with E-state index in [0.29, 0.717) is 10.6 Å². The second-order valence-electron chi connectivity index (χ2n) is 7.22. The van der Waals surface area contributed by atoms with Gasteiger partial charge in [0.15, 0.2) is 0 Å².